The summed E-state index contributed by atoms with van der Waals surface area (Å²) < 4.78 is 0. The van der Waals surface area contributed by atoms with E-state index in [1.165, 1.54) is 12.8 Å². The molecule has 3 heteroatoms. The van der Waals surface area contributed by atoms with E-state index in [0.29, 0.717) is 18.9 Å². The van der Waals surface area contributed by atoms with Gasteiger partial charge in [0.05, 0.1) is 6.54 Å². The monoisotopic (exact) mass is 208 g/mol. The largest absolute Gasteiger partial charge is 0.331 e. The van der Waals surface area contributed by atoms with Crippen molar-refractivity contribution in [3.05, 3.63) is 0 Å². The lowest BCUT2D eigenvalue weighted by molar-refractivity contribution is -0.130. The maximum Gasteiger partial charge on any atom is 0.223 e. The van der Waals surface area contributed by atoms with E-state index in [4.69, 9.17) is 6.42 Å². The number of amides is 1. The molecule has 84 valence electrons. The molecule has 0 aromatic carbocycles. The van der Waals surface area contributed by atoms with Crippen LogP contribution in [0.4, 0.5) is 0 Å². The van der Waals surface area contributed by atoms with E-state index in [1.807, 2.05) is 11.9 Å². The highest BCUT2D eigenvalue weighted by atomic mass is 16.2. The second-order valence-corrected chi connectivity index (χ2v) is 4.13. The number of carbonyl (C=O) groups is 1. The van der Waals surface area contributed by atoms with Gasteiger partial charge in [-0.15, -0.1) is 6.42 Å². The van der Waals surface area contributed by atoms with Gasteiger partial charge in [0.1, 0.15) is 0 Å². The molecule has 3 nitrogen and oxygen atoms in total. The zero-order valence-electron chi connectivity index (χ0n) is 9.46. The summed E-state index contributed by atoms with van der Waals surface area (Å²) in [7, 11) is 1.90. The van der Waals surface area contributed by atoms with Crippen molar-refractivity contribution in [1.82, 2.24) is 10.2 Å². The molecule has 1 N–H and O–H groups in total. The molecule has 0 aromatic heterocycles. The summed E-state index contributed by atoms with van der Waals surface area (Å²) in [5.74, 6) is 3.48. The van der Waals surface area contributed by atoms with Gasteiger partial charge in [-0.25, -0.2) is 0 Å². The van der Waals surface area contributed by atoms with Gasteiger partial charge in [0, 0.05) is 13.0 Å². The predicted molar refractivity (Wildman–Crippen MR) is 61.3 cm³/mol. The molecule has 0 spiro atoms. The third-order valence-electron chi connectivity index (χ3n) is 2.63. The molecule has 0 aromatic rings. The molecule has 1 aliphatic carbocycles. The molecule has 1 aliphatic rings. The lowest BCUT2D eigenvalue weighted by Crippen LogP contribution is -2.33. The topological polar surface area (TPSA) is 32.3 Å². The fraction of sp³-hybridized carbons (Fsp3) is 0.750. The van der Waals surface area contributed by atoms with E-state index in [1.54, 1.807) is 0 Å². The Bertz CT molecular complexity index is 240. The van der Waals surface area contributed by atoms with E-state index in [2.05, 4.69) is 11.2 Å². The van der Waals surface area contributed by atoms with Crippen LogP contribution in [0.5, 0.6) is 0 Å². The Morgan fingerprint density at radius 2 is 2.33 bits per heavy atom. The summed E-state index contributed by atoms with van der Waals surface area (Å²) in [5.41, 5.74) is 0. The zero-order valence-corrected chi connectivity index (χ0v) is 9.46. The zero-order chi connectivity index (χ0) is 11.1. The molecule has 1 rings (SSSR count). The second-order valence-electron chi connectivity index (χ2n) is 4.13. The number of hydrogen-bond acceptors (Lipinski definition) is 2. The van der Waals surface area contributed by atoms with Gasteiger partial charge in [0.2, 0.25) is 5.91 Å². The lowest BCUT2D eigenvalue weighted by atomic mass is 10.2. The van der Waals surface area contributed by atoms with Gasteiger partial charge in [-0.3, -0.25) is 4.79 Å². The van der Waals surface area contributed by atoms with Crippen molar-refractivity contribution in [3.8, 4) is 12.3 Å². The highest BCUT2D eigenvalue weighted by molar-refractivity contribution is 5.76. The molecule has 1 saturated carbocycles. The molecule has 1 fully saturated rings. The summed E-state index contributed by atoms with van der Waals surface area (Å²) >= 11 is 0. The number of carbonyl (C=O) groups excluding carboxylic acids is 1. The van der Waals surface area contributed by atoms with Crippen molar-refractivity contribution < 1.29 is 4.79 Å². The fourth-order valence-electron chi connectivity index (χ4n) is 1.55. The third-order valence-corrected chi connectivity index (χ3v) is 2.63. The van der Waals surface area contributed by atoms with Gasteiger partial charge in [-0.1, -0.05) is 5.92 Å². The molecule has 0 radical (unpaired) electrons. The van der Waals surface area contributed by atoms with Crippen molar-refractivity contribution in [1.29, 1.82) is 0 Å². The molecule has 0 bridgehead atoms. The molecule has 1 amide bonds. The number of nitrogens with zero attached hydrogens (tertiary/aromatic N) is 1. The van der Waals surface area contributed by atoms with Crippen molar-refractivity contribution in [2.75, 3.05) is 26.7 Å². The molecular weight excluding hydrogens is 188 g/mol. The minimum absolute atomic E-state index is 0.204. The highest BCUT2D eigenvalue weighted by Crippen LogP contribution is 2.29. The van der Waals surface area contributed by atoms with Crippen LogP contribution in [0.2, 0.25) is 0 Å². The SMILES string of the molecule is C#CCN(CC1CC1)C(=O)CCCNC. The maximum absolute atomic E-state index is 11.8. The second kappa shape index (κ2) is 6.47. The average Bonchev–Trinajstić information content (AvgIpc) is 3.01. The molecule has 0 aliphatic heterocycles. The van der Waals surface area contributed by atoms with Crippen LogP contribution in [-0.2, 0) is 4.79 Å². The van der Waals surface area contributed by atoms with Crippen LogP contribution in [-0.4, -0.2) is 37.5 Å². The van der Waals surface area contributed by atoms with Gasteiger partial charge in [0.15, 0.2) is 0 Å². The van der Waals surface area contributed by atoms with Crippen molar-refractivity contribution in [3.63, 3.8) is 0 Å². The maximum atomic E-state index is 11.8. The van der Waals surface area contributed by atoms with E-state index in [0.717, 1.165) is 19.5 Å². The van der Waals surface area contributed by atoms with Crippen LogP contribution in [0.15, 0.2) is 0 Å². The van der Waals surface area contributed by atoms with Crippen LogP contribution in [0.25, 0.3) is 0 Å². The van der Waals surface area contributed by atoms with Crippen LogP contribution in [0.3, 0.4) is 0 Å². The number of terminal acetylenes is 1. The number of rotatable bonds is 7. The average molecular weight is 208 g/mol. The summed E-state index contributed by atoms with van der Waals surface area (Å²) in [6, 6.07) is 0. The molecule has 0 heterocycles. The van der Waals surface area contributed by atoms with Crippen LogP contribution < -0.4 is 5.32 Å². The van der Waals surface area contributed by atoms with Crippen molar-refractivity contribution in [2.24, 2.45) is 5.92 Å². The molecule has 15 heavy (non-hydrogen) atoms. The molecule has 0 saturated heterocycles. The minimum atomic E-state index is 0.204. The first-order chi connectivity index (χ1) is 7.27. The summed E-state index contributed by atoms with van der Waals surface area (Å²) in [6.45, 7) is 2.22. The van der Waals surface area contributed by atoms with E-state index in [9.17, 15) is 4.79 Å². The Morgan fingerprint density at radius 3 is 2.87 bits per heavy atom. The smallest absolute Gasteiger partial charge is 0.223 e. The van der Waals surface area contributed by atoms with Crippen LogP contribution in [0.1, 0.15) is 25.7 Å². The van der Waals surface area contributed by atoms with Crippen LogP contribution in [0, 0.1) is 18.3 Å². The first-order valence-electron chi connectivity index (χ1n) is 5.63. The van der Waals surface area contributed by atoms with Gasteiger partial charge in [-0.2, -0.15) is 0 Å². The molecule has 0 unspecified atom stereocenters. The Hall–Kier alpha value is -1.01. The van der Waals surface area contributed by atoms with Gasteiger partial charge in [-0.05, 0) is 38.8 Å². The standard InChI is InChI=1S/C12H20N2O/c1-3-9-14(10-11-6-7-11)12(15)5-4-8-13-2/h1,11,13H,4-10H2,2H3. The van der Waals surface area contributed by atoms with Crippen LogP contribution >= 0.6 is 0 Å². The molecular formula is C12H20N2O. The minimum Gasteiger partial charge on any atom is -0.331 e. The van der Waals surface area contributed by atoms with E-state index < -0.39 is 0 Å². The summed E-state index contributed by atoms with van der Waals surface area (Å²) in [6.07, 6.45) is 9.27. The Kier molecular flexibility index (Phi) is 5.20. The molecule has 0 atom stereocenters. The quantitative estimate of drug-likeness (QED) is 0.497. The predicted octanol–water partition coefficient (Wildman–Crippen LogP) is 0.858. The van der Waals surface area contributed by atoms with Gasteiger partial charge >= 0.3 is 0 Å². The third kappa shape index (κ3) is 4.85. The Balaban J connectivity index is 2.26. The normalized spacial score (nSPS) is 14.7. The van der Waals surface area contributed by atoms with Gasteiger partial charge in [0.25, 0.3) is 0 Å². The Morgan fingerprint density at radius 1 is 1.60 bits per heavy atom. The first kappa shape index (κ1) is 12.1. The summed E-state index contributed by atoms with van der Waals surface area (Å²) in [4.78, 5) is 13.6. The van der Waals surface area contributed by atoms with E-state index >= 15 is 0 Å². The highest BCUT2D eigenvalue weighted by Gasteiger charge is 2.25. The number of nitrogens with one attached hydrogen (secondary N) is 1. The first-order valence-corrected chi connectivity index (χ1v) is 5.63. The van der Waals surface area contributed by atoms with Crippen molar-refractivity contribution >= 4 is 5.91 Å². The number of hydrogen-bond donors (Lipinski definition) is 1. The lowest BCUT2D eigenvalue weighted by Gasteiger charge is -2.19. The summed E-state index contributed by atoms with van der Waals surface area (Å²) in [5, 5.41) is 3.04. The van der Waals surface area contributed by atoms with Crippen molar-refractivity contribution in [2.45, 2.75) is 25.7 Å². The van der Waals surface area contributed by atoms with Gasteiger partial charge < -0.3 is 10.2 Å². The van der Waals surface area contributed by atoms with E-state index in [-0.39, 0.29) is 5.91 Å². The fourth-order valence-corrected chi connectivity index (χ4v) is 1.55. The Labute approximate surface area is 92.2 Å².